The lowest BCUT2D eigenvalue weighted by atomic mass is 9.60. The average molecular weight is 425 g/mol. The van der Waals surface area contributed by atoms with Crippen molar-refractivity contribution in [3.05, 3.63) is 71.8 Å². The Labute approximate surface area is 186 Å². The summed E-state index contributed by atoms with van der Waals surface area (Å²) in [6, 6.07) is 20.8. The van der Waals surface area contributed by atoms with Gasteiger partial charge in [0.25, 0.3) is 0 Å². The largest absolute Gasteiger partial charge is 0.377 e. The molecule has 31 heavy (non-hydrogen) atoms. The van der Waals surface area contributed by atoms with Crippen molar-refractivity contribution in [2.45, 2.75) is 58.0 Å². The Balaban J connectivity index is 1.34. The fourth-order valence-electron chi connectivity index (χ4n) is 5.32. The van der Waals surface area contributed by atoms with Crippen molar-refractivity contribution < 1.29 is 18.9 Å². The van der Waals surface area contributed by atoms with Crippen molar-refractivity contribution in [3.8, 4) is 0 Å². The molecule has 1 spiro atoms. The van der Waals surface area contributed by atoms with Crippen LogP contribution >= 0.6 is 0 Å². The second-order valence-corrected chi connectivity index (χ2v) is 9.07. The highest BCUT2D eigenvalue weighted by molar-refractivity contribution is 5.14. The van der Waals surface area contributed by atoms with Gasteiger partial charge in [-0.25, -0.2) is 0 Å². The van der Waals surface area contributed by atoms with Gasteiger partial charge in [-0.05, 0) is 42.7 Å². The number of hydrogen-bond acceptors (Lipinski definition) is 4. The van der Waals surface area contributed by atoms with E-state index >= 15 is 0 Å². The van der Waals surface area contributed by atoms with Crippen LogP contribution in [0, 0.1) is 11.3 Å². The predicted molar refractivity (Wildman–Crippen MR) is 122 cm³/mol. The van der Waals surface area contributed by atoms with Crippen LogP contribution in [0.25, 0.3) is 0 Å². The van der Waals surface area contributed by atoms with Crippen LogP contribution in [-0.2, 0) is 32.2 Å². The van der Waals surface area contributed by atoms with E-state index in [4.69, 9.17) is 18.9 Å². The molecule has 1 saturated carbocycles. The first-order valence-electron chi connectivity index (χ1n) is 11.7. The van der Waals surface area contributed by atoms with Crippen molar-refractivity contribution in [3.63, 3.8) is 0 Å². The Morgan fingerprint density at radius 1 is 0.839 bits per heavy atom. The van der Waals surface area contributed by atoms with Crippen molar-refractivity contribution in [1.82, 2.24) is 0 Å². The van der Waals surface area contributed by atoms with Crippen LogP contribution in [0.15, 0.2) is 60.7 Å². The molecule has 2 fully saturated rings. The van der Waals surface area contributed by atoms with Crippen LogP contribution in [0.5, 0.6) is 0 Å². The van der Waals surface area contributed by atoms with E-state index < -0.39 is 5.79 Å². The molecule has 0 bridgehead atoms. The molecule has 0 amide bonds. The molecule has 4 heteroatoms. The van der Waals surface area contributed by atoms with Crippen LogP contribution in [0.1, 0.15) is 50.2 Å². The molecular formula is C27H36O4. The highest BCUT2D eigenvalue weighted by Gasteiger charge is 2.57. The van der Waals surface area contributed by atoms with Gasteiger partial charge in [-0.2, -0.15) is 0 Å². The fourth-order valence-corrected chi connectivity index (χ4v) is 5.32. The van der Waals surface area contributed by atoms with Gasteiger partial charge in [0.1, 0.15) is 0 Å². The van der Waals surface area contributed by atoms with Crippen LogP contribution < -0.4 is 0 Å². The summed E-state index contributed by atoms with van der Waals surface area (Å²) >= 11 is 0. The van der Waals surface area contributed by atoms with Gasteiger partial charge in [-0.15, -0.1) is 0 Å². The van der Waals surface area contributed by atoms with E-state index in [1.165, 1.54) is 17.5 Å². The van der Waals surface area contributed by atoms with E-state index in [2.05, 4.69) is 55.5 Å². The SMILES string of the molecule is C[C@@]1(CCOCc2ccccc2)[C@@H](CCOCc2ccccc2)CCCC12OCCO2. The summed E-state index contributed by atoms with van der Waals surface area (Å²) < 4.78 is 24.7. The molecule has 1 aliphatic carbocycles. The molecule has 2 aliphatic rings. The topological polar surface area (TPSA) is 36.9 Å². The van der Waals surface area contributed by atoms with E-state index in [1.54, 1.807) is 0 Å². The van der Waals surface area contributed by atoms with Crippen LogP contribution in [0.2, 0.25) is 0 Å². The Kier molecular flexibility index (Phi) is 7.78. The lowest BCUT2D eigenvalue weighted by Gasteiger charge is -2.52. The second-order valence-electron chi connectivity index (χ2n) is 9.07. The average Bonchev–Trinajstić information content (AvgIpc) is 3.29. The third-order valence-corrected chi connectivity index (χ3v) is 7.18. The third kappa shape index (κ3) is 5.38. The predicted octanol–water partition coefficient (Wildman–Crippen LogP) is 5.75. The monoisotopic (exact) mass is 424 g/mol. The van der Waals surface area contributed by atoms with Crippen molar-refractivity contribution >= 4 is 0 Å². The van der Waals surface area contributed by atoms with Crippen LogP contribution in [0.4, 0.5) is 0 Å². The lowest BCUT2D eigenvalue weighted by Crippen LogP contribution is -2.55. The minimum atomic E-state index is -0.467. The third-order valence-electron chi connectivity index (χ3n) is 7.18. The van der Waals surface area contributed by atoms with Gasteiger partial charge in [-0.1, -0.05) is 67.6 Å². The number of rotatable bonds is 10. The molecular weight excluding hydrogens is 388 g/mol. The van der Waals surface area contributed by atoms with E-state index in [9.17, 15) is 0 Å². The Hall–Kier alpha value is -1.72. The summed E-state index contributed by atoms with van der Waals surface area (Å²) in [5.41, 5.74) is 2.36. The van der Waals surface area contributed by atoms with Crippen LogP contribution in [-0.4, -0.2) is 32.2 Å². The molecule has 168 valence electrons. The van der Waals surface area contributed by atoms with Crippen LogP contribution in [0.3, 0.4) is 0 Å². The van der Waals surface area contributed by atoms with Crippen molar-refractivity contribution in [1.29, 1.82) is 0 Å². The number of hydrogen-bond donors (Lipinski definition) is 0. The zero-order chi connectivity index (χ0) is 21.4. The van der Waals surface area contributed by atoms with Gasteiger partial charge in [0.2, 0.25) is 0 Å². The first kappa shape index (κ1) is 22.5. The highest BCUT2D eigenvalue weighted by Crippen LogP contribution is 2.55. The summed E-state index contributed by atoms with van der Waals surface area (Å²) in [4.78, 5) is 0. The molecule has 0 N–H and O–H groups in total. The summed E-state index contributed by atoms with van der Waals surface area (Å²) in [6.45, 7) is 6.52. The zero-order valence-corrected chi connectivity index (χ0v) is 18.8. The summed E-state index contributed by atoms with van der Waals surface area (Å²) in [5.74, 6) is 0.0290. The van der Waals surface area contributed by atoms with Gasteiger partial charge in [-0.3, -0.25) is 0 Å². The Morgan fingerprint density at radius 2 is 1.42 bits per heavy atom. The van der Waals surface area contributed by atoms with E-state index in [0.717, 1.165) is 32.3 Å². The van der Waals surface area contributed by atoms with Crippen molar-refractivity contribution in [2.75, 3.05) is 26.4 Å². The van der Waals surface area contributed by atoms with Crippen molar-refractivity contribution in [2.24, 2.45) is 11.3 Å². The summed E-state index contributed by atoms with van der Waals surface area (Å²) in [5, 5.41) is 0. The standard InChI is InChI=1S/C27H36O4/c1-26(16-18-29-22-24-11-6-3-7-12-24)25(13-8-15-27(26)30-19-20-31-27)14-17-28-21-23-9-4-2-5-10-23/h2-7,9-12,25H,8,13-22H2,1H3/t25-,26-/m1/s1. The number of benzene rings is 2. The maximum Gasteiger partial charge on any atom is 0.174 e. The number of ether oxygens (including phenoxy) is 4. The van der Waals surface area contributed by atoms with Gasteiger partial charge < -0.3 is 18.9 Å². The molecule has 4 rings (SSSR count). The van der Waals surface area contributed by atoms with E-state index in [-0.39, 0.29) is 5.41 Å². The molecule has 2 aromatic rings. The first-order valence-corrected chi connectivity index (χ1v) is 11.7. The maximum atomic E-state index is 6.30. The molecule has 0 radical (unpaired) electrons. The minimum absolute atomic E-state index is 0.0749. The second kappa shape index (κ2) is 10.7. The summed E-state index contributed by atoms with van der Waals surface area (Å²) in [6.07, 6.45) is 5.27. The molecule has 1 heterocycles. The van der Waals surface area contributed by atoms with E-state index in [1.807, 2.05) is 12.1 Å². The molecule has 2 aromatic carbocycles. The first-order chi connectivity index (χ1) is 15.2. The Morgan fingerprint density at radius 3 is 2.03 bits per heavy atom. The zero-order valence-electron chi connectivity index (χ0n) is 18.8. The quantitative estimate of drug-likeness (QED) is 0.455. The molecule has 1 saturated heterocycles. The Bertz CT molecular complexity index is 772. The van der Waals surface area contributed by atoms with Gasteiger partial charge in [0.15, 0.2) is 5.79 Å². The summed E-state index contributed by atoms with van der Waals surface area (Å²) in [7, 11) is 0. The molecule has 0 unspecified atom stereocenters. The molecule has 0 aromatic heterocycles. The highest BCUT2D eigenvalue weighted by atomic mass is 16.7. The minimum Gasteiger partial charge on any atom is -0.377 e. The van der Waals surface area contributed by atoms with Gasteiger partial charge in [0.05, 0.1) is 26.4 Å². The van der Waals surface area contributed by atoms with E-state index in [0.29, 0.717) is 39.0 Å². The molecule has 1 aliphatic heterocycles. The van der Waals surface area contributed by atoms with Gasteiger partial charge >= 0.3 is 0 Å². The van der Waals surface area contributed by atoms with Gasteiger partial charge in [0, 0.05) is 25.0 Å². The maximum absolute atomic E-state index is 6.30. The fraction of sp³-hybridized carbons (Fsp3) is 0.556. The normalized spacial score (nSPS) is 25.1. The molecule has 2 atom stereocenters. The molecule has 4 nitrogen and oxygen atoms in total. The smallest absolute Gasteiger partial charge is 0.174 e. The lowest BCUT2D eigenvalue weighted by molar-refractivity contribution is -0.274.